The van der Waals surface area contributed by atoms with E-state index in [0.717, 1.165) is 25.8 Å². The maximum atomic E-state index is 12.0. The second kappa shape index (κ2) is 6.07. The van der Waals surface area contributed by atoms with Crippen molar-refractivity contribution in [3.63, 3.8) is 0 Å². The molecule has 0 saturated carbocycles. The summed E-state index contributed by atoms with van der Waals surface area (Å²) in [5.41, 5.74) is 0.279. The van der Waals surface area contributed by atoms with Gasteiger partial charge in [-0.15, -0.1) is 0 Å². The average Bonchev–Trinajstić information content (AvgIpc) is 2.80. The number of nitrogens with zero attached hydrogens (tertiary/aromatic N) is 3. The first-order valence-corrected chi connectivity index (χ1v) is 7.22. The number of unbranched alkanes of at least 4 members (excludes halogenated alkanes) is 1. The predicted molar refractivity (Wildman–Crippen MR) is 79.0 cm³/mol. The highest BCUT2D eigenvalue weighted by molar-refractivity contribution is 5.69. The zero-order valence-corrected chi connectivity index (χ0v) is 12.3. The fraction of sp³-hybridized carbons (Fsp3) is 0.643. The van der Waals surface area contributed by atoms with Gasteiger partial charge in [-0.3, -0.25) is 14.3 Å². The first kappa shape index (κ1) is 14.6. The van der Waals surface area contributed by atoms with E-state index in [2.05, 4.69) is 30.7 Å². The minimum Gasteiger partial charge on any atom is -0.325 e. The summed E-state index contributed by atoms with van der Waals surface area (Å²) in [4.78, 5) is 30.6. The van der Waals surface area contributed by atoms with Crippen molar-refractivity contribution in [3.05, 3.63) is 27.2 Å². The Balaban J connectivity index is 2.49. The van der Waals surface area contributed by atoms with E-state index in [1.807, 2.05) is 4.57 Å². The number of imidazole rings is 1. The van der Waals surface area contributed by atoms with Crippen LogP contribution in [0.5, 0.6) is 0 Å². The molecule has 0 atom stereocenters. The molecule has 6 heteroatoms. The molecule has 0 fully saturated rings. The molecule has 0 radical (unpaired) electrons. The monoisotopic (exact) mass is 278 g/mol. The lowest BCUT2D eigenvalue weighted by molar-refractivity contribution is 0.522. The molecule has 2 rings (SSSR count). The molecule has 1 N–H and O–H groups in total. The number of aromatic amines is 1. The third kappa shape index (κ3) is 2.84. The van der Waals surface area contributed by atoms with Crippen molar-refractivity contribution in [2.45, 2.75) is 53.1 Å². The zero-order chi connectivity index (χ0) is 14.7. The van der Waals surface area contributed by atoms with E-state index in [-0.39, 0.29) is 11.2 Å². The quantitative estimate of drug-likeness (QED) is 0.874. The van der Waals surface area contributed by atoms with Gasteiger partial charge in [0.2, 0.25) is 0 Å². The zero-order valence-electron chi connectivity index (χ0n) is 12.3. The standard InChI is InChI=1S/C14H22N4O2/c1-4-5-7-18-12-11(13(19)16-14(18)20)17(9-15-12)8-6-10(2)3/h9-10H,4-8H2,1-3H3,(H,16,19,20). The Labute approximate surface area is 117 Å². The SMILES string of the molecule is CCCCn1c(=O)[nH]c(=O)c2c1ncn2CCC(C)C. The minimum absolute atomic E-state index is 0.348. The van der Waals surface area contributed by atoms with Crippen LogP contribution in [0.15, 0.2) is 15.9 Å². The van der Waals surface area contributed by atoms with Gasteiger partial charge in [-0.1, -0.05) is 27.2 Å². The number of aromatic nitrogens is 4. The van der Waals surface area contributed by atoms with Crippen LogP contribution in [0.2, 0.25) is 0 Å². The van der Waals surface area contributed by atoms with E-state index in [9.17, 15) is 9.59 Å². The third-order valence-corrected chi connectivity index (χ3v) is 3.44. The van der Waals surface area contributed by atoms with Crippen molar-refractivity contribution in [1.82, 2.24) is 19.1 Å². The molecule has 20 heavy (non-hydrogen) atoms. The first-order chi connectivity index (χ1) is 9.54. The van der Waals surface area contributed by atoms with Crippen LogP contribution in [0.25, 0.3) is 11.2 Å². The molecule has 2 aromatic heterocycles. The number of nitrogens with one attached hydrogen (secondary N) is 1. The molecule has 0 saturated heterocycles. The van der Waals surface area contributed by atoms with Gasteiger partial charge in [-0.05, 0) is 18.8 Å². The van der Waals surface area contributed by atoms with Crippen LogP contribution >= 0.6 is 0 Å². The summed E-state index contributed by atoms with van der Waals surface area (Å²) in [6, 6.07) is 0. The summed E-state index contributed by atoms with van der Waals surface area (Å²) in [6.45, 7) is 7.67. The van der Waals surface area contributed by atoms with Gasteiger partial charge in [0.15, 0.2) is 11.2 Å². The maximum absolute atomic E-state index is 12.0. The van der Waals surface area contributed by atoms with Crippen molar-refractivity contribution >= 4 is 11.2 Å². The number of fused-ring (bicyclic) bond motifs is 1. The smallest absolute Gasteiger partial charge is 0.325 e. The van der Waals surface area contributed by atoms with Crippen molar-refractivity contribution in [2.24, 2.45) is 5.92 Å². The minimum atomic E-state index is -0.370. The van der Waals surface area contributed by atoms with Crippen LogP contribution in [0.1, 0.15) is 40.0 Å². The normalized spacial score (nSPS) is 11.6. The molecule has 110 valence electrons. The lowest BCUT2D eigenvalue weighted by Gasteiger charge is -2.08. The number of H-pyrrole nitrogens is 1. The molecule has 0 aliphatic rings. The molecule has 2 heterocycles. The lowest BCUT2D eigenvalue weighted by atomic mass is 10.1. The highest BCUT2D eigenvalue weighted by atomic mass is 16.2. The fourth-order valence-electron chi connectivity index (χ4n) is 2.21. The topological polar surface area (TPSA) is 72.7 Å². The summed E-state index contributed by atoms with van der Waals surface area (Å²) >= 11 is 0. The first-order valence-electron chi connectivity index (χ1n) is 7.22. The lowest BCUT2D eigenvalue weighted by Crippen LogP contribution is -2.31. The summed E-state index contributed by atoms with van der Waals surface area (Å²) in [7, 11) is 0. The Hall–Kier alpha value is -1.85. The molecular weight excluding hydrogens is 256 g/mol. The van der Waals surface area contributed by atoms with Crippen molar-refractivity contribution in [2.75, 3.05) is 0 Å². The third-order valence-electron chi connectivity index (χ3n) is 3.44. The highest BCUT2D eigenvalue weighted by Crippen LogP contribution is 2.10. The van der Waals surface area contributed by atoms with Crippen LogP contribution in [0.4, 0.5) is 0 Å². The van der Waals surface area contributed by atoms with Gasteiger partial charge in [0.25, 0.3) is 5.56 Å². The van der Waals surface area contributed by atoms with Gasteiger partial charge < -0.3 is 4.57 Å². The van der Waals surface area contributed by atoms with Gasteiger partial charge in [0.05, 0.1) is 6.33 Å². The summed E-state index contributed by atoms with van der Waals surface area (Å²) in [5, 5.41) is 0. The molecule has 0 bridgehead atoms. The van der Waals surface area contributed by atoms with E-state index < -0.39 is 0 Å². The Kier molecular flexibility index (Phi) is 4.42. The van der Waals surface area contributed by atoms with Crippen LogP contribution in [0, 0.1) is 5.92 Å². The molecule has 0 amide bonds. The Morgan fingerprint density at radius 3 is 2.70 bits per heavy atom. The molecule has 2 aromatic rings. The van der Waals surface area contributed by atoms with Crippen LogP contribution in [0.3, 0.4) is 0 Å². The Morgan fingerprint density at radius 2 is 2.05 bits per heavy atom. The highest BCUT2D eigenvalue weighted by Gasteiger charge is 2.13. The molecule has 0 spiro atoms. The molecule has 6 nitrogen and oxygen atoms in total. The van der Waals surface area contributed by atoms with Gasteiger partial charge in [0, 0.05) is 13.1 Å². The number of aryl methyl sites for hydroxylation is 2. The summed E-state index contributed by atoms with van der Waals surface area (Å²) in [5.74, 6) is 0.553. The van der Waals surface area contributed by atoms with Gasteiger partial charge >= 0.3 is 5.69 Å². The van der Waals surface area contributed by atoms with Gasteiger partial charge in [-0.25, -0.2) is 9.78 Å². The second-order valence-electron chi connectivity index (χ2n) is 5.56. The van der Waals surface area contributed by atoms with E-state index in [1.165, 1.54) is 0 Å². The summed E-state index contributed by atoms with van der Waals surface area (Å²) < 4.78 is 3.40. The molecule has 0 unspecified atom stereocenters. The molecule has 0 aliphatic carbocycles. The number of hydrogen-bond donors (Lipinski definition) is 1. The van der Waals surface area contributed by atoms with E-state index >= 15 is 0 Å². The predicted octanol–water partition coefficient (Wildman–Crippen LogP) is 1.73. The average molecular weight is 278 g/mol. The van der Waals surface area contributed by atoms with Crippen molar-refractivity contribution in [1.29, 1.82) is 0 Å². The van der Waals surface area contributed by atoms with Crippen LogP contribution in [-0.4, -0.2) is 19.1 Å². The van der Waals surface area contributed by atoms with E-state index in [4.69, 9.17) is 0 Å². The largest absolute Gasteiger partial charge is 0.330 e. The van der Waals surface area contributed by atoms with Gasteiger partial charge in [-0.2, -0.15) is 0 Å². The van der Waals surface area contributed by atoms with Crippen LogP contribution < -0.4 is 11.2 Å². The second-order valence-corrected chi connectivity index (χ2v) is 5.56. The number of rotatable bonds is 6. The molecule has 0 aromatic carbocycles. The van der Waals surface area contributed by atoms with E-state index in [1.54, 1.807) is 10.9 Å². The van der Waals surface area contributed by atoms with Crippen LogP contribution in [-0.2, 0) is 13.1 Å². The fourth-order valence-corrected chi connectivity index (χ4v) is 2.21. The van der Waals surface area contributed by atoms with Crippen molar-refractivity contribution in [3.8, 4) is 0 Å². The Bertz CT molecular complexity index is 693. The van der Waals surface area contributed by atoms with Crippen molar-refractivity contribution < 1.29 is 0 Å². The van der Waals surface area contributed by atoms with E-state index in [0.29, 0.717) is 23.6 Å². The van der Waals surface area contributed by atoms with Gasteiger partial charge in [0.1, 0.15) is 0 Å². The molecular formula is C14H22N4O2. The number of hydrogen-bond acceptors (Lipinski definition) is 3. The summed E-state index contributed by atoms with van der Waals surface area (Å²) in [6.07, 6.45) is 4.50. The maximum Gasteiger partial charge on any atom is 0.330 e. The molecule has 0 aliphatic heterocycles. The Morgan fingerprint density at radius 1 is 1.30 bits per heavy atom.